The highest BCUT2D eigenvalue weighted by molar-refractivity contribution is 7.89. The zero-order valence-electron chi connectivity index (χ0n) is 9.52. The molecule has 5 nitrogen and oxygen atoms in total. The number of nitrogens with zero attached hydrogens (tertiary/aromatic N) is 1. The fourth-order valence-electron chi connectivity index (χ4n) is 0.969. The van der Waals surface area contributed by atoms with E-state index >= 15 is 0 Å². The molecule has 0 aromatic rings. The Kier molecular flexibility index (Phi) is 6.51. The van der Waals surface area contributed by atoms with Crippen LogP contribution in [0.15, 0.2) is 0 Å². The summed E-state index contributed by atoms with van der Waals surface area (Å²) >= 11 is 0. The Morgan fingerprint density at radius 2 is 1.93 bits per heavy atom. The molecule has 0 aromatic heterocycles. The Hall–Kier alpha value is -0.620. The topological polar surface area (TPSA) is 63.7 Å². The number of ether oxygens (including phenoxy) is 1. The Bertz CT molecular complexity index is 286. The third-order valence-corrected chi connectivity index (χ3v) is 3.77. The van der Waals surface area contributed by atoms with E-state index in [9.17, 15) is 13.2 Å². The van der Waals surface area contributed by atoms with Crippen molar-refractivity contribution in [2.24, 2.45) is 0 Å². The molecule has 0 unspecified atom stereocenters. The number of rotatable bonds is 7. The van der Waals surface area contributed by atoms with Crippen LogP contribution in [0.25, 0.3) is 0 Å². The molecule has 0 aliphatic heterocycles. The molecule has 6 heteroatoms. The maximum absolute atomic E-state index is 11.5. The van der Waals surface area contributed by atoms with Gasteiger partial charge in [0.2, 0.25) is 10.0 Å². The first-order valence-electron chi connectivity index (χ1n) is 5.03. The van der Waals surface area contributed by atoms with Crippen LogP contribution in [-0.4, -0.2) is 44.6 Å². The quantitative estimate of drug-likeness (QED) is 0.609. The van der Waals surface area contributed by atoms with Gasteiger partial charge in [-0.1, -0.05) is 13.3 Å². The van der Waals surface area contributed by atoms with E-state index in [1.165, 1.54) is 7.05 Å². The van der Waals surface area contributed by atoms with Crippen molar-refractivity contribution in [2.45, 2.75) is 26.7 Å². The molecule has 0 fully saturated rings. The fourth-order valence-corrected chi connectivity index (χ4v) is 2.24. The van der Waals surface area contributed by atoms with Crippen LogP contribution in [0, 0.1) is 0 Å². The smallest absolute Gasteiger partial charge is 0.321 e. The van der Waals surface area contributed by atoms with Gasteiger partial charge in [-0.3, -0.25) is 4.79 Å². The van der Waals surface area contributed by atoms with Crippen LogP contribution in [0.2, 0.25) is 0 Å². The summed E-state index contributed by atoms with van der Waals surface area (Å²) in [4.78, 5) is 11.0. The number of likely N-dealkylation sites (N-methyl/N-ethyl adjacent to an activating group) is 1. The molecule has 0 saturated carbocycles. The minimum absolute atomic E-state index is 0.0827. The Morgan fingerprint density at radius 1 is 1.33 bits per heavy atom. The molecule has 15 heavy (non-hydrogen) atoms. The van der Waals surface area contributed by atoms with Gasteiger partial charge >= 0.3 is 5.97 Å². The molecule has 0 amide bonds. The summed E-state index contributed by atoms with van der Waals surface area (Å²) in [7, 11) is -1.91. The third kappa shape index (κ3) is 5.74. The zero-order valence-corrected chi connectivity index (χ0v) is 10.3. The maximum Gasteiger partial charge on any atom is 0.321 e. The van der Waals surface area contributed by atoms with Crippen LogP contribution in [0.5, 0.6) is 0 Å². The fraction of sp³-hybridized carbons (Fsp3) is 0.889. The number of esters is 1. The van der Waals surface area contributed by atoms with Crippen LogP contribution in [0.1, 0.15) is 26.7 Å². The summed E-state index contributed by atoms with van der Waals surface area (Å²) in [5.74, 6) is -0.431. The normalized spacial score (nSPS) is 11.7. The van der Waals surface area contributed by atoms with Gasteiger partial charge in [-0.05, 0) is 13.3 Å². The highest BCUT2D eigenvalue weighted by Crippen LogP contribution is 2.02. The number of carbonyl (C=O) groups excluding carboxylic acids is 1. The summed E-state index contributed by atoms with van der Waals surface area (Å²) < 4.78 is 28.8. The number of hydrogen-bond acceptors (Lipinski definition) is 4. The van der Waals surface area contributed by atoms with Crippen molar-refractivity contribution in [3.05, 3.63) is 0 Å². The van der Waals surface area contributed by atoms with Crippen molar-refractivity contribution < 1.29 is 17.9 Å². The molecule has 90 valence electrons. The average molecular weight is 237 g/mol. The van der Waals surface area contributed by atoms with E-state index in [4.69, 9.17) is 0 Å². The molecular formula is C9H19NO4S. The lowest BCUT2D eigenvalue weighted by Gasteiger charge is -2.15. The predicted octanol–water partition coefficient (Wildman–Crippen LogP) is 0.611. The lowest BCUT2D eigenvalue weighted by Crippen LogP contribution is -2.34. The van der Waals surface area contributed by atoms with Crippen molar-refractivity contribution in [3.8, 4) is 0 Å². The van der Waals surface area contributed by atoms with Crippen molar-refractivity contribution in [1.82, 2.24) is 4.31 Å². The van der Waals surface area contributed by atoms with Gasteiger partial charge in [-0.25, -0.2) is 8.42 Å². The Morgan fingerprint density at radius 3 is 2.40 bits per heavy atom. The molecule has 0 aromatic carbocycles. The summed E-state index contributed by atoms with van der Waals surface area (Å²) in [6.07, 6.45) is 1.42. The maximum atomic E-state index is 11.5. The van der Waals surface area contributed by atoms with Gasteiger partial charge in [-0.15, -0.1) is 0 Å². The van der Waals surface area contributed by atoms with Gasteiger partial charge in [0.15, 0.2) is 0 Å². The van der Waals surface area contributed by atoms with Crippen LogP contribution in [0.4, 0.5) is 0 Å². The highest BCUT2D eigenvalue weighted by Gasteiger charge is 2.20. The molecule has 0 rings (SSSR count). The molecule has 0 heterocycles. The first kappa shape index (κ1) is 14.4. The Balaban J connectivity index is 4.18. The van der Waals surface area contributed by atoms with E-state index in [-0.39, 0.29) is 18.9 Å². The van der Waals surface area contributed by atoms with Crippen molar-refractivity contribution in [1.29, 1.82) is 0 Å². The van der Waals surface area contributed by atoms with E-state index in [2.05, 4.69) is 4.74 Å². The first-order valence-corrected chi connectivity index (χ1v) is 6.64. The second-order valence-electron chi connectivity index (χ2n) is 3.23. The lowest BCUT2D eigenvalue weighted by atomic mass is 10.4. The van der Waals surface area contributed by atoms with Gasteiger partial charge in [-0.2, -0.15) is 4.31 Å². The summed E-state index contributed by atoms with van der Waals surface area (Å²) in [6.45, 7) is 3.66. The van der Waals surface area contributed by atoms with Crippen molar-refractivity contribution >= 4 is 16.0 Å². The molecule has 0 N–H and O–H groups in total. The van der Waals surface area contributed by atoms with Gasteiger partial charge in [0.1, 0.15) is 6.54 Å². The Labute approximate surface area is 91.5 Å². The van der Waals surface area contributed by atoms with Crippen LogP contribution in [0.3, 0.4) is 0 Å². The van der Waals surface area contributed by atoms with Crippen molar-refractivity contribution in [3.63, 3.8) is 0 Å². The lowest BCUT2D eigenvalue weighted by molar-refractivity contribution is -0.143. The molecular weight excluding hydrogens is 218 g/mol. The van der Waals surface area contributed by atoms with E-state index in [0.717, 1.165) is 10.7 Å². The SMILES string of the molecule is CCCCS(=O)(=O)N(C)CC(=O)OCC. The zero-order chi connectivity index (χ0) is 11.9. The van der Waals surface area contributed by atoms with Gasteiger partial charge < -0.3 is 4.74 Å². The van der Waals surface area contributed by atoms with Gasteiger partial charge in [0.05, 0.1) is 12.4 Å². The van der Waals surface area contributed by atoms with E-state index < -0.39 is 16.0 Å². The average Bonchev–Trinajstić information content (AvgIpc) is 2.15. The largest absolute Gasteiger partial charge is 0.465 e. The highest BCUT2D eigenvalue weighted by atomic mass is 32.2. The summed E-state index contributed by atoms with van der Waals surface area (Å²) in [5, 5.41) is 0. The number of unbranched alkanes of at least 4 members (excludes halogenated alkanes) is 1. The second kappa shape index (κ2) is 6.79. The molecule has 0 radical (unpaired) electrons. The molecule has 0 aliphatic carbocycles. The number of hydrogen-bond donors (Lipinski definition) is 0. The first-order chi connectivity index (χ1) is 6.94. The van der Waals surface area contributed by atoms with Crippen molar-refractivity contribution in [2.75, 3.05) is 26.0 Å². The molecule has 0 atom stereocenters. The van der Waals surface area contributed by atoms with Gasteiger partial charge in [0, 0.05) is 7.05 Å². The number of sulfonamides is 1. The van der Waals surface area contributed by atoms with Gasteiger partial charge in [0.25, 0.3) is 0 Å². The molecule has 0 saturated heterocycles. The van der Waals surface area contributed by atoms with E-state index in [1.54, 1.807) is 6.92 Å². The molecule has 0 aliphatic rings. The molecule has 0 bridgehead atoms. The minimum Gasteiger partial charge on any atom is -0.465 e. The van der Waals surface area contributed by atoms with Crippen LogP contribution in [-0.2, 0) is 19.6 Å². The predicted molar refractivity (Wildman–Crippen MR) is 58.0 cm³/mol. The van der Waals surface area contributed by atoms with Crippen LogP contribution < -0.4 is 0 Å². The standard InChI is InChI=1S/C9H19NO4S/c1-4-6-7-15(12,13)10(3)8-9(11)14-5-2/h4-8H2,1-3H3. The number of carbonyl (C=O) groups is 1. The summed E-state index contributed by atoms with van der Waals surface area (Å²) in [6, 6.07) is 0. The monoisotopic (exact) mass is 237 g/mol. The second-order valence-corrected chi connectivity index (χ2v) is 5.43. The minimum atomic E-state index is -3.30. The third-order valence-electron chi connectivity index (χ3n) is 1.89. The summed E-state index contributed by atoms with van der Waals surface area (Å²) in [5.41, 5.74) is 0. The molecule has 0 spiro atoms. The van der Waals surface area contributed by atoms with E-state index in [1.807, 2.05) is 6.92 Å². The van der Waals surface area contributed by atoms with Crippen LogP contribution >= 0.6 is 0 Å². The van der Waals surface area contributed by atoms with E-state index in [0.29, 0.717) is 6.42 Å².